The molecule has 0 saturated carbocycles. The average Bonchev–Trinajstić information content (AvgIpc) is 1.65. The zero-order chi connectivity index (χ0) is 6.57. The van der Waals surface area contributed by atoms with Crippen LogP contribution in [0.15, 0.2) is 22.4 Å². The number of nitrogens with zero attached hydrogens (tertiary/aromatic N) is 1. The predicted octanol–water partition coefficient (Wildman–Crippen LogP) is 2.47. The van der Waals surface area contributed by atoms with Gasteiger partial charge in [0.2, 0.25) is 0 Å². The highest BCUT2D eigenvalue weighted by Crippen LogP contribution is 2.23. The van der Waals surface area contributed by atoms with Crippen LogP contribution < -0.4 is 0 Å². The van der Waals surface area contributed by atoms with Gasteiger partial charge < -0.3 is 0 Å². The largest absolute Gasteiger partial charge is 0.192 e. The molecule has 0 aromatic rings. The summed E-state index contributed by atoms with van der Waals surface area (Å²) in [6.45, 7) is 6.73. The lowest BCUT2D eigenvalue weighted by atomic mass is 10.7. The van der Waals surface area contributed by atoms with Crippen LogP contribution in [0.4, 0.5) is 0 Å². The Labute approximate surface area is 57.6 Å². The van der Waals surface area contributed by atoms with Gasteiger partial charge in [-0.15, -0.1) is 0 Å². The molecule has 0 aliphatic carbocycles. The smallest absolute Gasteiger partial charge is 0.106 e. The summed E-state index contributed by atoms with van der Waals surface area (Å²) < 4.78 is 0.372. The fourth-order valence-corrected chi connectivity index (χ4v) is 0.749. The van der Waals surface area contributed by atoms with Crippen molar-refractivity contribution >= 4 is 23.4 Å². The number of allylic oxidation sites excluding steroid dienone is 1. The first-order valence-corrected chi connectivity index (χ1v) is 2.97. The SMILES string of the molecule is C=C(Cl)SC(=C)C#N. The molecule has 0 N–H and O–H groups in total. The molecular weight excluding hydrogens is 142 g/mol. The van der Waals surface area contributed by atoms with E-state index in [1.807, 2.05) is 6.07 Å². The molecule has 0 aromatic heterocycles. The Kier molecular flexibility index (Phi) is 3.42. The van der Waals surface area contributed by atoms with E-state index >= 15 is 0 Å². The summed E-state index contributed by atoms with van der Waals surface area (Å²) in [6.07, 6.45) is 0. The minimum Gasteiger partial charge on any atom is -0.192 e. The first kappa shape index (κ1) is 7.61. The van der Waals surface area contributed by atoms with Crippen molar-refractivity contribution in [2.24, 2.45) is 0 Å². The van der Waals surface area contributed by atoms with Crippen molar-refractivity contribution in [3.8, 4) is 6.07 Å². The molecule has 0 amide bonds. The van der Waals surface area contributed by atoms with E-state index in [9.17, 15) is 0 Å². The van der Waals surface area contributed by atoms with Crippen molar-refractivity contribution in [3.05, 3.63) is 22.4 Å². The van der Waals surface area contributed by atoms with E-state index in [1.165, 1.54) is 0 Å². The molecule has 42 valence electrons. The normalized spacial score (nSPS) is 7.50. The van der Waals surface area contributed by atoms with Gasteiger partial charge in [0.1, 0.15) is 6.07 Å². The third kappa shape index (κ3) is 3.79. The number of rotatable bonds is 2. The molecule has 0 aliphatic heterocycles. The van der Waals surface area contributed by atoms with Gasteiger partial charge in [0.15, 0.2) is 0 Å². The Bertz CT molecular complexity index is 156. The van der Waals surface area contributed by atoms with Gasteiger partial charge in [-0.2, -0.15) is 5.26 Å². The van der Waals surface area contributed by atoms with Crippen molar-refractivity contribution in [2.75, 3.05) is 0 Å². The lowest BCUT2D eigenvalue weighted by molar-refractivity contribution is 1.53. The van der Waals surface area contributed by atoms with Crippen LogP contribution in [0.1, 0.15) is 0 Å². The van der Waals surface area contributed by atoms with Gasteiger partial charge in [0, 0.05) is 0 Å². The average molecular weight is 146 g/mol. The molecule has 1 nitrogen and oxygen atoms in total. The molecule has 0 bridgehead atoms. The van der Waals surface area contributed by atoms with E-state index in [0.29, 0.717) is 9.27 Å². The standard InChI is InChI=1S/C5H4ClNS/c1-4(3-7)8-5(2)6/h1-2H2. The second kappa shape index (κ2) is 3.59. The van der Waals surface area contributed by atoms with Crippen LogP contribution >= 0.6 is 23.4 Å². The summed E-state index contributed by atoms with van der Waals surface area (Å²) in [5, 5.41) is 8.11. The molecule has 0 heterocycles. The number of hydrogen-bond donors (Lipinski definition) is 0. The summed E-state index contributed by atoms with van der Waals surface area (Å²) >= 11 is 6.38. The summed E-state index contributed by atoms with van der Waals surface area (Å²) in [7, 11) is 0. The highest BCUT2D eigenvalue weighted by atomic mass is 35.5. The molecule has 0 aliphatic rings. The van der Waals surface area contributed by atoms with E-state index < -0.39 is 0 Å². The van der Waals surface area contributed by atoms with Crippen LogP contribution in [0, 0.1) is 11.3 Å². The van der Waals surface area contributed by atoms with Crippen molar-refractivity contribution < 1.29 is 0 Å². The molecule has 0 unspecified atom stereocenters. The van der Waals surface area contributed by atoms with E-state index in [1.54, 1.807) is 0 Å². The van der Waals surface area contributed by atoms with Crippen molar-refractivity contribution in [2.45, 2.75) is 0 Å². The van der Waals surface area contributed by atoms with Crippen LogP contribution in [-0.4, -0.2) is 0 Å². The van der Waals surface area contributed by atoms with Gasteiger partial charge in [0.05, 0.1) is 9.27 Å². The van der Waals surface area contributed by atoms with Crippen LogP contribution in [0.25, 0.3) is 0 Å². The molecular formula is C5H4ClNS. The first-order chi connectivity index (χ1) is 3.66. The van der Waals surface area contributed by atoms with Gasteiger partial charge in [-0.3, -0.25) is 0 Å². The van der Waals surface area contributed by atoms with Crippen LogP contribution in [-0.2, 0) is 0 Å². The van der Waals surface area contributed by atoms with Gasteiger partial charge >= 0.3 is 0 Å². The van der Waals surface area contributed by atoms with Crippen molar-refractivity contribution in [3.63, 3.8) is 0 Å². The Morgan fingerprint density at radius 3 is 2.25 bits per heavy atom. The number of thioether (sulfide) groups is 1. The first-order valence-electron chi connectivity index (χ1n) is 1.78. The third-order valence-electron chi connectivity index (χ3n) is 0.359. The maximum Gasteiger partial charge on any atom is 0.106 e. The molecule has 0 atom stereocenters. The Morgan fingerprint density at radius 2 is 2.12 bits per heavy atom. The highest BCUT2D eigenvalue weighted by Gasteiger charge is 1.91. The van der Waals surface area contributed by atoms with E-state index in [0.717, 1.165) is 11.8 Å². The monoisotopic (exact) mass is 145 g/mol. The molecule has 0 rings (SSSR count). The molecule has 0 saturated heterocycles. The molecule has 0 spiro atoms. The summed E-state index contributed by atoms with van der Waals surface area (Å²) in [5.74, 6) is 0. The maximum atomic E-state index is 8.11. The Balaban J connectivity index is 3.61. The number of nitriles is 1. The molecule has 3 heteroatoms. The van der Waals surface area contributed by atoms with Gasteiger partial charge in [0.25, 0.3) is 0 Å². The molecule has 0 fully saturated rings. The van der Waals surface area contributed by atoms with Crippen LogP contribution in [0.5, 0.6) is 0 Å². The van der Waals surface area contributed by atoms with Crippen molar-refractivity contribution in [1.29, 1.82) is 5.26 Å². The summed E-state index contributed by atoms with van der Waals surface area (Å²) in [5.41, 5.74) is 0. The van der Waals surface area contributed by atoms with Crippen molar-refractivity contribution in [1.82, 2.24) is 0 Å². The fraction of sp³-hybridized carbons (Fsp3) is 0. The van der Waals surface area contributed by atoms with Crippen LogP contribution in [0.3, 0.4) is 0 Å². The molecule has 0 radical (unpaired) electrons. The fourth-order valence-electron chi connectivity index (χ4n) is 0.157. The van der Waals surface area contributed by atoms with E-state index in [4.69, 9.17) is 16.9 Å². The quantitative estimate of drug-likeness (QED) is 0.558. The van der Waals surface area contributed by atoms with Gasteiger partial charge in [-0.05, 0) is 0 Å². The van der Waals surface area contributed by atoms with E-state index in [-0.39, 0.29) is 0 Å². The summed E-state index contributed by atoms with van der Waals surface area (Å²) in [6, 6.07) is 1.82. The minimum absolute atomic E-state index is 0.366. The maximum absolute atomic E-state index is 8.11. The van der Waals surface area contributed by atoms with Gasteiger partial charge in [-0.1, -0.05) is 36.5 Å². The van der Waals surface area contributed by atoms with Gasteiger partial charge in [-0.25, -0.2) is 0 Å². The Morgan fingerprint density at radius 1 is 1.62 bits per heavy atom. The zero-order valence-corrected chi connectivity index (χ0v) is 5.72. The van der Waals surface area contributed by atoms with Crippen LogP contribution in [0.2, 0.25) is 0 Å². The minimum atomic E-state index is 0.366. The predicted molar refractivity (Wildman–Crippen MR) is 37.3 cm³/mol. The second-order valence-electron chi connectivity index (χ2n) is 0.992. The highest BCUT2D eigenvalue weighted by molar-refractivity contribution is 8.08. The zero-order valence-electron chi connectivity index (χ0n) is 4.15. The Hall–Kier alpha value is -0.390. The third-order valence-corrected chi connectivity index (χ3v) is 1.15. The number of hydrogen-bond acceptors (Lipinski definition) is 2. The van der Waals surface area contributed by atoms with E-state index in [2.05, 4.69) is 13.2 Å². The number of halogens is 1. The lowest BCUT2D eigenvalue weighted by Gasteiger charge is -1.87. The summed E-state index contributed by atoms with van der Waals surface area (Å²) in [4.78, 5) is 0.366. The molecule has 0 aromatic carbocycles. The molecule has 8 heavy (non-hydrogen) atoms. The second-order valence-corrected chi connectivity index (χ2v) is 2.86. The lowest BCUT2D eigenvalue weighted by Crippen LogP contribution is -1.61. The topological polar surface area (TPSA) is 23.8 Å².